The fourth-order valence-electron chi connectivity index (χ4n) is 1.78. The summed E-state index contributed by atoms with van der Waals surface area (Å²) in [5.41, 5.74) is 5.91. The van der Waals surface area contributed by atoms with Crippen LogP contribution < -0.4 is 15.8 Å². The molecule has 106 valence electrons. The molecule has 0 aliphatic carbocycles. The smallest absolute Gasteiger partial charge is 0.255 e. The van der Waals surface area contributed by atoms with Gasteiger partial charge in [0.05, 0.1) is 18.4 Å². The molecule has 2 aromatic carbocycles. The number of benzene rings is 2. The average Bonchev–Trinajstić information content (AvgIpc) is 2.50. The van der Waals surface area contributed by atoms with Crippen molar-refractivity contribution in [1.82, 2.24) is 0 Å². The van der Waals surface area contributed by atoms with E-state index in [9.17, 15) is 9.18 Å². The summed E-state index contributed by atoms with van der Waals surface area (Å²) in [6.45, 7) is 0. The van der Waals surface area contributed by atoms with Gasteiger partial charge in [-0.15, -0.1) is 0 Å². The molecule has 0 spiro atoms. The van der Waals surface area contributed by atoms with Crippen molar-refractivity contribution in [3.63, 3.8) is 0 Å². The molecule has 3 N–H and O–H groups in total. The van der Waals surface area contributed by atoms with Crippen LogP contribution >= 0.6 is 0 Å². The second-order valence-electron chi connectivity index (χ2n) is 4.19. The molecule has 2 rings (SSSR count). The summed E-state index contributed by atoms with van der Waals surface area (Å²) in [7, 11) is 1.43. The number of methoxy groups -OCH3 is 1. The third-order valence-corrected chi connectivity index (χ3v) is 2.87. The number of anilines is 2. The number of halogens is 1. The Balaban J connectivity index is 2.36. The Morgan fingerprint density at radius 2 is 2.14 bits per heavy atom. The standard InChI is InChI=1S/C15H12FN3O2/c1-21-13-4-2-3-10(8-17)14(13)19-15(20)9-5-6-12(18)11(16)7-9/h2-7H,18H2,1H3,(H,19,20). The minimum absolute atomic E-state index is 0.0402. The molecule has 5 nitrogen and oxygen atoms in total. The number of carbonyl (C=O) groups is 1. The average molecular weight is 285 g/mol. The molecular formula is C15H12FN3O2. The molecular weight excluding hydrogens is 273 g/mol. The molecule has 2 aromatic rings. The highest BCUT2D eigenvalue weighted by atomic mass is 19.1. The van der Waals surface area contributed by atoms with Crippen molar-refractivity contribution in [3.8, 4) is 11.8 Å². The minimum atomic E-state index is -0.678. The summed E-state index contributed by atoms with van der Waals surface area (Å²) >= 11 is 0. The zero-order valence-corrected chi connectivity index (χ0v) is 11.2. The van der Waals surface area contributed by atoms with Gasteiger partial charge in [0, 0.05) is 5.56 Å². The number of ether oxygens (including phenoxy) is 1. The summed E-state index contributed by atoms with van der Waals surface area (Å²) in [6.07, 6.45) is 0. The highest BCUT2D eigenvalue weighted by Gasteiger charge is 2.14. The number of para-hydroxylation sites is 1. The Morgan fingerprint density at radius 3 is 2.76 bits per heavy atom. The first kappa shape index (κ1) is 14.3. The number of nitrogens with two attached hydrogens (primary N) is 1. The molecule has 21 heavy (non-hydrogen) atoms. The number of rotatable bonds is 3. The van der Waals surface area contributed by atoms with E-state index in [1.54, 1.807) is 18.2 Å². The van der Waals surface area contributed by atoms with Gasteiger partial charge in [-0.1, -0.05) is 6.07 Å². The SMILES string of the molecule is COc1cccc(C#N)c1NC(=O)c1ccc(N)c(F)c1. The van der Waals surface area contributed by atoms with E-state index in [-0.39, 0.29) is 22.5 Å². The van der Waals surface area contributed by atoms with Crippen LogP contribution in [0.15, 0.2) is 36.4 Å². The van der Waals surface area contributed by atoms with E-state index in [1.807, 2.05) is 6.07 Å². The van der Waals surface area contributed by atoms with E-state index in [1.165, 1.54) is 19.2 Å². The molecule has 0 saturated carbocycles. The normalized spacial score (nSPS) is 9.76. The molecule has 0 aliphatic rings. The fraction of sp³-hybridized carbons (Fsp3) is 0.0667. The van der Waals surface area contributed by atoms with Gasteiger partial charge in [-0.25, -0.2) is 4.39 Å². The number of amides is 1. The fourth-order valence-corrected chi connectivity index (χ4v) is 1.78. The summed E-state index contributed by atoms with van der Waals surface area (Å²) in [4.78, 5) is 12.1. The number of nitriles is 1. The van der Waals surface area contributed by atoms with E-state index >= 15 is 0 Å². The predicted octanol–water partition coefficient (Wildman–Crippen LogP) is 2.54. The zero-order chi connectivity index (χ0) is 15.4. The Bertz CT molecular complexity index is 738. The summed E-state index contributed by atoms with van der Waals surface area (Å²) in [5, 5.41) is 11.6. The lowest BCUT2D eigenvalue weighted by Crippen LogP contribution is -2.14. The number of carbonyl (C=O) groups excluding carboxylic acids is 1. The van der Waals surface area contributed by atoms with Crippen LogP contribution in [0.4, 0.5) is 15.8 Å². The monoisotopic (exact) mass is 285 g/mol. The first-order valence-corrected chi connectivity index (χ1v) is 6.00. The van der Waals surface area contributed by atoms with Crippen LogP contribution in [0.1, 0.15) is 15.9 Å². The Kier molecular flexibility index (Phi) is 4.05. The predicted molar refractivity (Wildman–Crippen MR) is 76.5 cm³/mol. The highest BCUT2D eigenvalue weighted by molar-refractivity contribution is 6.06. The van der Waals surface area contributed by atoms with Gasteiger partial charge in [0.25, 0.3) is 5.91 Å². The third-order valence-electron chi connectivity index (χ3n) is 2.87. The second-order valence-corrected chi connectivity index (χ2v) is 4.19. The van der Waals surface area contributed by atoms with Crippen LogP contribution in [0.3, 0.4) is 0 Å². The second kappa shape index (κ2) is 5.92. The van der Waals surface area contributed by atoms with Crippen LogP contribution in [0.5, 0.6) is 5.75 Å². The van der Waals surface area contributed by atoms with Gasteiger partial charge in [0.2, 0.25) is 0 Å². The van der Waals surface area contributed by atoms with Gasteiger partial charge in [0.1, 0.15) is 23.3 Å². The lowest BCUT2D eigenvalue weighted by Gasteiger charge is -2.11. The molecule has 0 heterocycles. The van der Waals surface area contributed by atoms with Crippen LogP contribution in [-0.4, -0.2) is 13.0 Å². The van der Waals surface area contributed by atoms with E-state index in [0.717, 1.165) is 6.07 Å². The van der Waals surface area contributed by atoms with Gasteiger partial charge < -0.3 is 15.8 Å². The highest BCUT2D eigenvalue weighted by Crippen LogP contribution is 2.28. The molecule has 6 heteroatoms. The van der Waals surface area contributed by atoms with Crippen molar-refractivity contribution in [2.75, 3.05) is 18.2 Å². The quantitative estimate of drug-likeness (QED) is 0.848. The molecule has 0 fully saturated rings. The molecule has 1 amide bonds. The van der Waals surface area contributed by atoms with E-state index in [2.05, 4.69) is 5.32 Å². The number of nitrogen functional groups attached to an aromatic ring is 1. The zero-order valence-electron chi connectivity index (χ0n) is 11.2. The maximum absolute atomic E-state index is 13.4. The van der Waals surface area contributed by atoms with Crippen molar-refractivity contribution in [1.29, 1.82) is 5.26 Å². The summed E-state index contributed by atoms with van der Waals surface area (Å²) in [5.74, 6) is -0.892. The van der Waals surface area contributed by atoms with Crippen molar-refractivity contribution < 1.29 is 13.9 Å². The van der Waals surface area contributed by atoms with Crippen LogP contribution in [0.2, 0.25) is 0 Å². The van der Waals surface area contributed by atoms with E-state index in [4.69, 9.17) is 15.7 Å². The first-order chi connectivity index (χ1) is 10.1. The molecule has 0 radical (unpaired) electrons. The van der Waals surface area contributed by atoms with Crippen LogP contribution in [-0.2, 0) is 0 Å². The van der Waals surface area contributed by atoms with Gasteiger partial charge in [-0.3, -0.25) is 4.79 Å². The van der Waals surface area contributed by atoms with Crippen molar-refractivity contribution >= 4 is 17.3 Å². The largest absolute Gasteiger partial charge is 0.495 e. The number of hydrogen-bond acceptors (Lipinski definition) is 4. The summed E-state index contributed by atoms with van der Waals surface area (Å²) < 4.78 is 18.5. The Morgan fingerprint density at radius 1 is 1.38 bits per heavy atom. The molecule has 0 atom stereocenters. The molecule has 0 bridgehead atoms. The minimum Gasteiger partial charge on any atom is -0.495 e. The lowest BCUT2D eigenvalue weighted by molar-refractivity contribution is 0.102. The first-order valence-electron chi connectivity index (χ1n) is 6.00. The number of nitrogens with zero attached hydrogens (tertiary/aromatic N) is 1. The number of hydrogen-bond donors (Lipinski definition) is 2. The maximum atomic E-state index is 13.4. The molecule has 0 aliphatic heterocycles. The third kappa shape index (κ3) is 2.92. The topological polar surface area (TPSA) is 88.1 Å². The van der Waals surface area contributed by atoms with E-state index in [0.29, 0.717) is 5.75 Å². The molecule has 0 unspecified atom stereocenters. The molecule has 0 saturated heterocycles. The van der Waals surface area contributed by atoms with Gasteiger partial charge in [0.15, 0.2) is 0 Å². The maximum Gasteiger partial charge on any atom is 0.255 e. The van der Waals surface area contributed by atoms with Crippen molar-refractivity contribution in [2.24, 2.45) is 0 Å². The van der Waals surface area contributed by atoms with Gasteiger partial charge in [-0.05, 0) is 30.3 Å². The van der Waals surface area contributed by atoms with Crippen LogP contribution in [0, 0.1) is 17.1 Å². The van der Waals surface area contributed by atoms with Crippen molar-refractivity contribution in [2.45, 2.75) is 0 Å². The van der Waals surface area contributed by atoms with Gasteiger partial charge in [-0.2, -0.15) is 5.26 Å². The van der Waals surface area contributed by atoms with Crippen LogP contribution in [0.25, 0.3) is 0 Å². The Hall–Kier alpha value is -3.07. The Labute approximate surface area is 120 Å². The van der Waals surface area contributed by atoms with Crippen molar-refractivity contribution in [3.05, 3.63) is 53.3 Å². The van der Waals surface area contributed by atoms with Gasteiger partial charge >= 0.3 is 0 Å². The lowest BCUT2D eigenvalue weighted by atomic mass is 10.1. The molecule has 0 aromatic heterocycles. The number of nitrogens with one attached hydrogen (secondary N) is 1. The van der Waals surface area contributed by atoms with E-state index < -0.39 is 11.7 Å². The summed E-state index contributed by atoms with van der Waals surface area (Å²) in [6, 6.07) is 10.5.